The minimum Gasteiger partial charge on any atom is -0.480 e. The van der Waals surface area contributed by atoms with Crippen molar-refractivity contribution >= 4 is 18.0 Å². The molecule has 1 amide bonds. The Balaban J connectivity index is 2.66. The van der Waals surface area contributed by atoms with Gasteiger partial charge >= 0.3 is 5.97 Å². The van der Waals surface area contributed by atoms with E-state index < -0.39 is 12.0 Å². The molecule has 0 aliphatic rings. The molecule has 0 spiro atoms. The Morgan fingerprint density at radius 1 is 1.59 bits per heavy atom. The maximum Gasteiger partial charge on any atom is 0.326 e. The van der Waals surface area contributed by atoms with E-state index in [2.05, 4.69) is 5.10 Å². The third kappa shape index (κ3) is 3.44. The van der Waals surface area contributed by atoms with Gasteiger partial charge in [-0.1, -0.05) is 0 Å². The van der Waals surface area contributed by atoms with Crippen molar-refractivity contribution in [1.82, 2.24) is 14.7 Å². The molecule has 1 aromatic rings. The van der Waals surface area contributed by atoms with Gasteiger partial charge in [0, 0.05) is 31.9 Å². The van der Waals surface area contributed by atoms with Crippen molar-refractivity contribution in [3.8, 4) is 0 Å². The van der Waals surface area contributed by atoms with Crippen molar-refractivity contribution < 1.29 is 14.7 Å². The van der Waals surface area contributed by atoms with Crippen molar-refractivity contribution in [3.05, 3.63) is 24.0 Å². The number of rotatable bonds is 4. The van der Waals surface area contributed by atoms with Crippen molar-refractivity contribution in [2.75, 3.05) is 7.05 Å². The summed E-state index contributed by atoms with van der Waals surface area (Å²) in [6.07, 6.45) is 6.30. The minimum atomic E-state index is -1.03. The molecule has 0 aromatic carbocycles. The molecule has 0 fully saturated rings. The summed E-state index contributed by atoms with van der Waals surface area (Å²) >= 11 is 0. The SMILES string of the molecule is CC(C(=O)O)N(C)C(=O)C=Cc1cnn(C)c1. The number of hydrogen-bond donors (Lipinski definition) is 1. The molecule has 0 saturated heterocycles. The van der Waals surface area contributed by atoms with Gasteiger partial charge in [-0.05, 0) is 13.0 Å². The highest BCUT2D eigenvalue weighted by atomic mass is 16.4. The molecular weight excluding hydrogens is 222 g/mol. The zero-order valence-electron chi connectivity index (χ0n) is 9.99. The number of carbonyl (C=O) groups excluding carboxylic acids is 1. The number of nitrogens with zero attached hydrogens (tertiary/aromatic N) is 3. The third-order valence-corrected chi connectivity index (χ3v) is 2.43. The van der Waals surface area contributed by atoms with Crippen LogP contribution in [0.3, 0.4) is 0 Å². The fourth-order valence-electron chi connectivity index (χ4n) is 1.17. The van der Waals surface area contributed by atoms with Crippen LogP contribution >= 0.6 is 0 Å². The van der Waals surface area contributed by atoms with Crippen LogP contribution in [0, 0.1) is 0 Å². The molecule has 6 nitrogen and oxygen atoms in total. The van der Waals surface area contributed by atoms with Crippen molar-refractivity contribution in [3.63, 3.8) is 0 Å². The first-order chi connectivity index (χ1) is 7.91. The predicted octanol–water partition coefficient (Wildman–Crippen LogP) is 0.365. The van der Waals surface area contributed by atoms with Gasteiger partial charge in [0.05, 0.1) is 6.20 Å². The lowest BCUT2D eigenvalue weighted by Gasteiger charge is -2.19. The quantitative estimate of drug-likeness (QED) is 0.767. The highest BCUT2D eigenvalue weighted by molar-refractivity contribution is 5.94. The Morgan fingerprint density at radius 2 is 2.24 bits per heavy atom. The molecule has 1 unspecified atom stereocenters. The molecule has 17 heavy (non-hydrogen) atoms. The zero-order valence-corrected chi connectivity index (χ0v) is 9.99. The topological polar surface area (TPSA) is 75.4 Å². The average molecular weight is 237 g/mol. The summed E-state index contributed by atoms with van der Waals surface area (Å²) in [5.41, 5.74) is 0.789. The number of hydrogen-bond acceptors (Lipinski definition) is 3. The molecule has 1 N–H and O–H groups in total. The van der Waals surface area contributed by atoms with E-state index >= 15 is 0 Å². The lowest BCUT2D eigenvalue weighted by atomic mass is 10.2. The summed E-state index contributed by atoms with van der Waals surface area (Å²) in [5.74, 6) is -1.39. The highest BCUT2D eigenvalue weighted by Crippen LogP contribution is 2.02. The Labute approximate surface area is 99.1 Å². The molecule has 6 heteroatoms. The molecule has 1 heterocycles. The zero-order chi connectivity index (χ0) is 13.0. The lowest BCUT2D eigenvalue weighted by Crippen LogP contribution is -2.39. The van der Waals surface area contributed by atoms with Gasteiger partial charge in [-0.25, -0.2) is 4.79 Å². The van der Waals surface area contributed by atoms with Gasteiger partial charge in [0.2, 0.25) is 5.91 Å². The van der Waals surface area contributed by atoms with Crippen LogP contribution in [-0.2, 0) is 16.6 Å². The fraction of sp³-hybridized carbons (Fsp3) is 0.364. The van der Waals surface area contributed by atoms with Crippen LogP contribution in [-0.4, -0.2) is 44.8 Å². The van der Waals surface area contributed by atoms with Gasteiger partial charge in [-0.15, -0.1) is 0 Å². The highest BCUT2D eigenvalue weighted by Gasteiger charge is 2.19. The molecule has 0 radical (unpaired) electrons. The van der Waals surface area contributed by atoms with Crippen LogP contribution in [0.5, 0.6) is 0 Å². The van der Waals surface area contributed by atoms with Gasteiger partial charge in [0.25, 0.3) is 0 Å². The summed E-state index contributed by atoms with van der Waals surface area (Å²) < 4.78 is 1.62. The minimum absolute atomic E-state index is 0.358. The normalized spacial score (nSPS) is 12.6. The standard InChI is InChI=1S/C11H15N3O3/c1-8(11(16)17)14(3)10(15)5-4-9-6-12-13(2)7-9/h4-8H,1-3H3,(H,16,17). The van der Waals surface area contributed by atoms with E-state index in [1.54, 1.807) is 30.2 Å². The molecular formula is C11H15N3O3. The monoisotopic (exact) mass is 237 g/mol. The van der Waals surface area contributed by atoms with E-state index in [9.17, 15) is 9.59 Å². The second-order valence-electron chi connectivity index (χ2n) is 3.74. The van der Waals surface area contributed by atoms with Gasteiger partial charge < -0.3 is 10.0 Å². The van der Waals surface area contributed by atoms with Crippen LogP contribution in [0.2, 0.25) is 0 Å². The number of aryl methyl sites for hydroxylation is 1. The molecule has 1 aromatic heterocycles. The summed E-state index contributed by atoms with van der Waals surface area (Å²) in [5, 5.41) is 12.7. The molecule has 0 saturated carbocycles. The maximum absolute atomic E-state index is 11.6. The number of carboxylic acid groups (broad SMARTS) is 1. The van der Waals surface area contributed by atoms with Gasteiger partial charge in [-0.2, -0.15) is 5.10 Å². The first kappa shape index (κ1) is 13.0. The second-order valence-corrected chi connectivity index (χ2v) is 3.74. The van der Waals surface area contributed by atoms with Crippen LogP contribution in [0.15, 0.2) is 18.5 Å². The number of likely N-dealkylation sites (N-methyl/N-ethyl adjacent to an activating group) is 1. The smallest absolute Gasteiger partial charge is 0.326 e. The van der Waals surface area contributed by atoms with E-state index in [-0.39, 0.29) is 5.91 Å². The summed E-state index contributed by atoms with van der Waals surface area (Å²) in [4.78, 5) is 23.5. The van der Waals surface area contributed by atoms with Gasteiger partial charge in [0.15, 0.2) is 0 Å². The number of carbonyl (C=O) groups is 2. The van der Waals surface area contributed by atoms with Crippen LogP contribution < -0.4 is 0 Å². The Kier molecular flexibility index (Phi) is 4.03. The lowest BCUT2D eigenvalue weighted by molar-refractivity contribution is -0.146. The number of aromatic nitrogens is 2. The van der Waals surface area contributed by atoms with E-state index in [0.717, 1.165) is 10.5 Å². The summed E-state index contributed by atoms with van der Waals surface area (Å²) in [6, 6.07) is -0.846. The van der Waals surface area contributed by atoms with Crippen LogP contribution in [0.1, 0.15) is 12.5 Å². The van der Waals surface area contributed by atoms with E-state index in [1.807, 2.05) is 0 Å². The molecule has 1 rings (SSSR count). The molecule has 0 bridgehead atoms. The first-order valence-electron chi connectivity index (χ1n) is 5.08. The summed E-state index contributed by atoms with van der Waals surface area (Å²) in [7, 11) is 3.23. The largest absolute Gasteiger partial charge is 0.480 e. The van der Waals surface area contributed by atoms with E-state index in [4.69, 9.17) is 5.11 Å². The van der Waals surface area contributed by atoms with Gasteiger partial charge in [-0.3, -0.25) is 9.48 Å². The van der Waals surface area contributed by atoms with E-state index in [0.29, 0.717) is 0 Å². The Hall–Kier alpha value is -2.11. The molecule has 1 atom stereocenters. The second kappa shape index (κ2) is 5.29. The molecule has 92 valence electrons. The Morgan fingerprint density at radius 3 is 2.71 bits per heavy atom. The first-order valence-corrected chi connectivity index (χ1v) is 5.08. The Bertz CT molecular complexity index is 451. The van der Waals surface area contributed by atoms with Crippen molar-refractivity contribution in [1.29, 1.82) is 0 Å². The third-order valence-electron chi connectivity index (χ3n) is 2.43. The van der Waals surface area contributed by atoms with Gasteiger partial charge in [0.1, 0.15) is 6.04 Å². The van der Waals surface area contributed by atoms with Crippen LogP contribution in [0.4, 0.5) is 0 Å². The number of amides is 1. The molecule has 0 aliphatic carbocycles. The predicted molar refractivity (Wildman–Crippen MR) is 62.1 cm³/mol. The van der Waals surface area contributed by atoms with Crippen molar-refractivity contribution in [2.24, 2.45) is 7.05 Å². The average Bonchev–Trinajstić information content (AvgIpc) is 2.69. The van der Waals surface area contributed by atoms with Crippen LogP contribution in [0.25, 0.3) is 6.08 Å². The summed E-state index contributed by atoms with van der Waals surface area (Å²) in [6.45, 7) is 1.46. The number of aliphatic carboxylic acids is 1. The van der Waals surface area contributed by atoms with E-state index in [1.165, 1.54) is 20.0 Å². The van der Waals surface area contributed by atoms with Crippen molar-refractivity contribution in [2.45, 2.75) is 13.0 Å². The fourth-order valence-corrected chi connectivity index (χ4v) is 1.17. The number of carboxylic acids is 1. The molecule has 0 aliphatic heterocycles. The maximum atomic E-state index is 11.6.